The predicted octanol–water partition coefficient (Wildman–Crippen LogP) is 3.97. The van der Waals surface area contributed by atoms with Crippen molar-refractivity contribution in [2.45, 2.75) is 39.2 Å². The van der Waals surface area contributed by atoms with E-state index >= 15 is 0 Å². The maximum atomic E-state index is 9.70. The van der Waals surface area contributed by atoms with Gasteiger partial charge in [0.05, 0.1) is 19.3 Å². The monoisotopic (exact) mass is 511 g/mol. The van der Waals surface area contributed by atoms with Crippen molar-refractivity contribution >= 4 is 29.9 Å². The van der Waals surface area contributed by atoms with Crippen molar-refractivity contribution in [3.8, 4) is 5.75 Å². The van der Waals surface area contributed by atoms with Crippen LogP contribution in [0.1, 0.15) is 37.8 Å². The summed E-state index contributed by atoms with van der Waals surface area (Å²) in [7, 11) is 0. The summed E-state index contributed by atoms with van der Waals surface area (Å²) in [5.41, 5.74) is 2.35. The van der Waals surface area contributed by atoms with Gasteiger partial charge in [0, 0.05) is 19.0 Å². The summed E-state index contributed by atoms with van der Waals surface area (Å²) < 4.78 is 5.68. The molecule has 2 aromatic carbocycles. The summed E-state index contributed by atoms with van der Waals surface area (Å²) >= 11 is 0. The zero-order valence-corrected chi connectivity index (χ0v) is 19.9. The normalized spacial score (nSPS) is 12.2. The molecule has 0 saturated carbocycles. The van der Waals surface area contributed by atoms with Crippen molar-refractivity contribution in [3.05, 3.63) is 65.7 Å². The maximum Gasteiger partial charge on any atom is 0.191 e. The smallest absolute Gasteiger partial charge is 0.191 e. The van der Waals surface area contributed by atoms with Crippen molar-refractivity contribution < 1.29 is 9.84 Å². The molecule has 5 nitrogen and oxygen atoms in total. The number of nitrogens with zero attached hydrogens (tertiary/aromatic N) is 1. The number of aliphatic hydroxyl groups excluding tert-OH is 1. The molecule has 0 amide bonds. The van der Waals surface area contributed by atoms with Gasteiger partial charge in [0.2, 0.25) is 0 Å². The van der Waals surface area contributed by atoms with E-state index in [0.29, 0.717) is 6.54 Å². The van der Waals surface area contributed by atoms with Crippen LogP contribution in [0.2, 0.25) is 0 Å². The molecule has 2 aromatic rings. The van der Waals surface area contributed by atoms with Crippen LogP contribution >= 0.6 is 24.0 Å². The minimum atomic E-state index is 0. The fourth-order valence-electron chi connectivity index (χ4n) is 2.87. The third-order valence-electron chi connectivity index (χ3n) is 4.31. The van der Waals surface area contributed by atoms with Gasteiger partial charge in [-0.3, -0.25) is 4.99 Å². The Morgan fingerprint density at radius 2 is 1.72 bits per heavy atom. The molecular formula is C23H34IN3O2. The van der Waals surface area contributed by atoms with Crippen molar-refractivity contribution in [1.82, 2.24) is 10.6 Å². The van der Waals surface area contributed by atoms with E-state index in [4.69, 9.17) is 4.74 Å². The highest BCUT2D eigenvalue weighted by Crippen LogP contribution is 2.15. The molecule has 1 atom stereocenters. The standard InChI is InChI=1S/C23H33N3O2.HI/c1-4-24-23(26-16-21(17-27)20-8-6-5-7-9-20)25-15-14-19-10-12-22(13-11-19)28-18(2)3;/h5-13,18,21,27H,4,14-17H2,1-3H3,(H2,24,25,26);1H. The van der Waals surface area contributed by atoms with E-state index in [9.17, 15) is 5.11 Å². The van der Waals surface area contributed by atoms with Crippen molar-refractivity contribution in [2.75, 3.05) is 26.2 Å². The Kier molecular flexibility index (Phi) is 12.4. The number of aliphatic hydroxyl groups is 1. The number of hydrogen-bond donors (Lipinski definition) is 3. The Labute approximate surface area is 192 Å². The zero-order valence-electron chi connectivity index (χ0n) is 17.6. The molecule has 1 unspecified atom stereocenters. The quantitative estimate of drug-likeness (QED) is 0.257. The van der Waals surface area contributed by atoms with Crippen LogP contribution in [0.25, 0.3) is 0 Å². The first kappa shape index (κ1) is 25.2. The molecule has 0 radical (unpaired) electrons. The summed E-state index contributed by atoms with van der Waals surface area (Å²) in [6.07, 6.45) is 1.08. The second-order valence-corrected chi connectivity index (χ2v) is 7.00. The average molecular weight is 511 g/mol. The van der Waals surface area contributed by atoms with Gasteiger partial charge in [0.1, 0.15) is 5.75 Å². The highest BCUT2D eigenvalue weighted by molar-refractivity contribution is 14.0. The van der Waals surface area contributed by atoms with Crippen molar-refractivity contribution in [2.24, 2.45) is 4.99 Å². The lowest BCUT2D eigenvalue weighted by molar-refractivity contribution is 0.242. The summed E-state index contributed by atoms with van der Waals surface area (Å²) in [5, 5.41) is 16.3. The van der Waals surface area contributed by atoms with E-state index < -0.39 is 0 Å². The van der Waals surface area contributed by atoms with Crippen LogP contribution in [-0.2, 0) is 6.42 Å². The Hall–Kier alpha value is -1.80. The molecule has 0 fully saturated rings. The van der Waals surface area contributed by atoms with Crippen LogP contribution in [0.5, 0.6) is 5.75 Å². The molecule has 2 rings (SSSR count). The summed E-state index contributed by atoms with van der Waals surface area (Å²) in [6, 6.07) is 18.2. The first-order valence-electron chi connectivity index (χ1n) is 10.1. The van der Waals surface area contributed by atoms with Crippen LogP contribution in [0.15, 0.2) is 59.6 Å². The largest absolute Gasteiger partial charge is 0.491 e. The highest BCUT2D eigenvalue weighted by atomic mass is 127. The molecule has 0 aliphatic carbocycles. The average Bonchev–Trinajstić information content (AvgIpc) is 2.70. The second-order valence-electron chi connectivity index (χ2n) is 7.00. The lowest BCUT2D eigenvalue weighted by Gasteiger charge is -2.15. The van der Waals surface area contributed by atoms with E-state index in [1.807, 2.05) is 63.2 Å². The molecule has 29 heavy (non-hydrogen) atoms. The molecule has 0 aliphatic rings. The highest BCUT2D eigenvalue weighted by Gasteiger charge is 2.10. The third kappa shape index (κ3) is 9.49. The van der Waals surface area contributed by atoms with E-state index in [-0.39, 0.29) is 42.6 Å². The number of benzene rings is 2. The van der Waals surface area contributed by atoms with E-state index in [2.05, 4.69) is 27.8 Å². The fourth-order valence-corrected chi connectivity index (χ4v) is 2.87. The van der Waals surface area contributed by atoms with Crippen LogP contribution in [0.4, 0.5) is 0 Å². The first-order chi connectivity index (χ1) is 13.6. The molecule has 0 heterocycles. The molecule has 0 spiro atoms. The number of halogens is 1. The predicted molar refractivity (Wildman–Crippen MR) is 132 cm³/mol. The van der Waals surface area contributed by atoms with Gasteiger partial charge in [-0.1, -0.05) is 42.5 Å². The van der Waals surface area contributed by atoms with E-state index in [0.717, 1.165) is 36.8 Å². The molecular weight excluding hydrogens is 477 g/mol. The molecule has 6 heteroatoms. The van der Waals surface area contributed by atoms with E-state index in [1.165, 1.54) is 5.56 Å². The van der Waals surface area contributed by atoms with Gasteiger partial charge < -0.3 is 20.5 Å². The number of ether oxygens (including phenoxy) is 1. The van der Waals surface area contributed by atoms with E-state index in [1.54, 1.807) is 0 Å². The fraction of sp³-hybridized carbons (Fsp3) is 0.435. The molecule has 0 aliphatic heterocycles. The van der Waals surface area contributed by atoms with Gasteiger partial charge in [-0.05, 0) is 50.5 Å². The molecule has 0 aromatic heterocycles. The van der Waals surface area contributed by atoms with Gasteiger partial charge in [-0.2, -0.15) is 0 Å². The molecule has 0 saturated heterocycles. The maximum absolute atomic E-state index is 9.70. The Bertz CT molecular complexity index is 706. The zero-order chi connectivity index (χ0) is 20.2. The van der Waals surface area contributed by atoms with Crippen LogP contribution in [0, 0.1) is 0 Å². The molecule has 3 N–H and O–H groups in total. The van der Waals surface area contributed by atoms with Gasteiger partial charge >= 0.3 is 0 Å². The number of nitrogens with one attached hydrogen (secondary N) is 2. The number of guanidine groups is 1. The molecule has 0 bridgehead atoms. The molecule has 160 valence electrons. The van der Waals surface area contributed by atoms with Gasteiger partial charge in [-0.15, -0.1) is 24.0 Å². The number of hydrogen-bond acceptors (Lipinski definition) is 3. The summed E-state index contributed by atoms with van der Waals surface area (Å²) in [4.78, 5) is 4.65. The Morgan fingerprint density at radius 1 is 1.03 bits per heavy atom. The third-order valence-corrected chi connectivity index (χ3v) is 4.31. The Balaban J connectivity index is 0.00000420. The summed E-state index contributed by atoms with van der Waals surface area (Å²) in [5.74, 6) is 1.68. The van der Waals surface area contributed by atoms with Crippen molar-refractivity contribution in [1.29, 1.82) is 0 Å². The number of rotatable bonds is 10. The van der Waals surface area contributed by atoms with Gasteiger partial charge in [0.15, 0.2) is 5.96 Å². The summed E-state index contributed by atoms with van der Waals surface area (Å²) in [6.45, 7) is 8.30. The van der Waals surface area contributed by atoms with Gasteiger partial charge in [-0.25, -0.2) is 0 Å². The SMILES string of the molecule is CCNC(=NCC(CO)c1ccccc1)NCCc1ccc(OC(C)C)cc1.I. The van der Waals surface area contributed by atoms with Crippen LogP contribution < -0.4 is 15.4 Å². The first-order valence-corrected chi connectivity index (χ1v) is 10.1. The lowest BCUT2D eigenvalue weighted by Crippen LogP contribution is -2.38. The topological polar surface area (TPSA) is 65.9 Å². The number of aliphatic imine (C=N–C) groups is 1. The minimum Gasteiger partial charge on any atom is -0.491 e. The minimum absolute atomic E-state index is 0. The lowest BCUT2D eigenvalue weighted by atomic mass is 10.0. The van der Waals surface area contributed by atoms with Crippen molar-refractivity contribution in [3.63, 3.8) is 0 Å². The second kappa shape index (κ2) is 14.2. The van der Waals surface area contributed by atoms with Gasteiger partial charge in [0.25, 0.3) is 0 Å². The van der Waals surface area contributed by atoms with Crippen LogP contribution in [0.3, 0.4) is 0 Å². The Morgan fingerprint density at radius 3 is 2.31 bits per heavy atom. The van der Waals surface area contributed by atoms with Crippen LogP contribution in [-0.4, -0.2) is 43.4 Å².